The number of benzene rings is 1. The van der Waals surface area contributed by atoms with Crippen molar-refractivity contribution in [3.05, 3.63) is 29.6 Å². The van der Waals surface area contributed by atoms with Crippen LogP contribution < -0.4 is 5.73 Å². The van der Waals surface area contributed by atoms with Crippen molar-refractivity contribution in [2.24, 2.45) is 0 Å². The predicted molar refractivity (Wildman–Crippen MR) is 60.7 cm³/mol. The predicted octanol–water partition coefficient (Wildman–Crippen LogP) is 2.40. The molecule has 0 amide bonds. The Kier molecular flexibility index (Phi) is 1.69. The first kappa shape index (κ1) is 8.65. The third-order valence-corrected chi connectivity index (χ3v) is 2.92. The van der Waals surface area contributed by atoms with Gasteiger partial charge in [-0.3, -0.25) is 0 Å². The van der Waals surface area contributed by atoms with E-state index in [-0.39, 0.29) is 0 Å². The molecular formula is C12H13N3. The maximum Gasteiger partial charge on any atom is 0.135 e. The molecule has 1 heterocycles. The first-order chi connectivity index (χ1) is 7.25. The van der Waals surface area contributed by atoms with E-state index in [2.05, 4.69) is 23.0 Å². The van der Waals surface area contributed by atoms with Crippen molar-refractivity contribution in [3.63, 3.8) is 0 Å². The molecule has 1 aromatic heterocycles. The number of fused-ring (bicyclic) bond motifs is 1. The van der Waals surface area contributed by atoms with E-state index < -0.39 is 0 Å². The summed E-state index contributed by atoms with van der Waals surface area (Å²) in [6.07, 6.45) is 2.41. The Balaban J connectivity index is 2.32. The fraction of sp³-hybridized carbons (Fsp3) is 0.333. The molecule has 0 aliphatic heterocycles. The molecule has 0 saturated heterocycles. The van der Waals surface area contributed by atoms with Gasteiger partial charge in [0.15, 0.2) is 0 Å². The number of anilines is 1. The molecule has 1 saturated carbocycles. The average molecular weight is 199 g/mol. The summed E-state index contributed by atoms with van der Waals surface area (Å²) in [6, 6.07) is 6.04. The number of aromatic nitrogens is 2. The highest BCUT2D eigenvalue weighted by atomic mass is 15.0. The molecule has 0 spiro atoms. The first-order valence-corrected chi connectivity index (χ1v) is 5.28. The quantitative estimate of drug-likeness (QED) is 0.767. The molecular weight excluding hydrogens is 186 g/mol. The number of nitrogens with two attached hydrogens (primary N) is 1. The minimum atomic E-state index is 0.552. The minimum Gasteiger partial charge on any atom is -0.383 e. The van der Waals surface area contributed by atoms with Gasteiger partial charge in [0.1, 0.15) is 11.6 Å². The van der Waals surface area contributed by atoms with Crippen LogP contribution >= 0.6 is 0 Å². The van der Waals surface area contributed by atoms with Crippen molar-refractivity contribution in [1.29, 1.82) is 0 Å². The van der Waals surface area contributed by atoms with Crippen molar-refractivity contribution in [2.45, 2.75) is 25.7 Å². The Morgan fingerprint density at radius 3 is 2.80 bits per heavy atom. The Bertz CT molecular complexity index is 530. The zero-order chi connectivity index (χ0) is 10.4. The molecule has 3 heteroatoms. The molecule has 0 radical (unpaired) electrons. The van der Waals surface area contributed by atoms with E-state index in [0.29, 0.717) is 11.7 Å². The van der Waals surface area contributed by atoms with Gasteiger partial charge in [0.25, 0.3) is 0 Å². The molecule has 1 aromatic carbocycles. The molecule has 3 nitrogen and oxygen atoms in total. The normalized spacial score (nSPS) is 15.8. The summed E-state index contributed by atoms with van der Waals surface area (Å²) in [5.41, 5.74) is 8.12. The van der Waals surface area contributed by atoms with Gasteiger partial charge in [-0.2, -0.15) is 0 Å². The standard InChI is InChI=1S/C12H13N3/c1-7-3-2-4-9-10(7)14-12(8-5-6-8)15-11(9)13/h2-4,8H,5-6H2,1H3,(H2,13,14,15). The minimum absolute atomic E-state index is 0.552. The number of hydrogen-bond acceptors (Lipinski definition) is 3. The second-order valence-corrected chi connectivity index (χ2v) is 4.21. The molecule has 1 aliphatic rings. The lowest BCUT2D eigenvalue weighted by molar-refractivity contribution is 0.951. The Morgan fingerprint density at radius 1 is 1.27 bits per heavy atom. The van der Waals surface area contributed by atoms with Gasteiger partial charge in [-0.05, 0) is 31.4 Å². The molecule has 0 atom stereocenters. The lowest BCUT2D eigenvalue weighted by Crippen LogP contribution is -2.00. The lowest BCUT2D eigenvalue weighted by atomic mass is 10.1. The van der Waals surface area contributed by atoms with Gasteiger partial charge in [0, 0.05) is 11.3 Å². The topological polar surface area (TPSA) is 51.8 Å². The van der Waals surface area contributed by atoms with Gasteiger partial charge in [-0.15, -0.1) is 0 Å². The van der Waals surface area contributed by atoms with Crippen LogP contribution in [0.25, 0.3) is 10.9 Å². The fourth-order valence-corrected chi connectivity index (χ4v) is 1.86. The number of aryl methyl sites for hydroxylation is 1. The van der Waals surface area contributed by atoms with Crippen molar-refractivity contribution in [3.8, 4) is 0 Å². The van der Waals surface area contributed by atoms with E-state index in [1.807, 2.05) is 12.1 Å². The van der Waals surface area contributed by atoms with Crippen molar-refractivity contribution in [1.82, 2.24) is 9.97 Å². The summed E-state index contributed by atoms with van der Waals surface area (Å²) in [6.45, 7) is 2.06. The lowest BCUT2D eigenvalue weighted by Gasteiger charge is -2.06. The van der Waals surface area contributed by atoms with Crippen molar-refractivity contribution >= 4 is 16.7 Å². The van der Waals surface area contributed by atoms with Crippen molar-refractivity contribution in [2.75, 3.05) is 5.73 Å². The van der Waals surface area contributed by atoms with E-state index in [9.17, 15) is 0 Å². The van der Waals surface area contributed by atoms with E-state index in [4.69, 9.17) is 5.73 Å². The number of para-hydroxylation sites is 1. The fourth-order valence-electron chi connectivity index (χ4n) is 1.86. The van der Waals surface area contributed by atoms with Gasteiger partial charge >= 0.3 is 0 Å². The Hall–Kier alpha value is -1.64. The summed E-state index contributed by atoms with van der Waals surface area (Å²) in [5, 5.41) is 0.972. The molecule has 0 bridgehead atoms. The van der Waals surface area contributed by atoms with Gasteiger partial charge in [-0.25, -0.2) is 9.97 Å². The first-order valence-electron chi connectivity index (χ1n) is 5.28. The highest BCUT2D eigenvalue weighted by Gasteiger charge is 2.27. The molecule has 2 N–H and O–H groups in total. The summed E-state index contributed by atoms with van der Waals surface area (Å²) in [5.74, 6) is 2.09. The molecule has 76 valence electrons. The molecule has 2 aromatic rings. The molecule has 1 aliphatic carbocycles. The van der Waals surface area contributed by atoms with Gasteiger partial charge in [0.05, 0.1) is 5.52 Å². The van der Waals surface area contributed by atoms with Gasteiger partial charge in [0.2, 0.25) is 0 Å². The van der Waals surface area contributed by atoms with Crippen LogP contribution in [-0.2, 0) is 0 Å². The largest absolute Gasteiger partial charge is 0.383 e. The third-order valence-electron chi connectivity index (χ3n) is 2.92. The average Bonchev–Trinajstić information content (AvgIpc) is 3.02. The maximum absolute atomic E-state index is 5.94. The van der Waals surface area contributed by atoms with E-state index in [1.165, 1.54) is 18.4 Å². The summed E-state index contributed by atoms with van der Waals surface area (Å²) in [7, 11) is 0. The van der Waals surface area contributed by atoms with E-state index in [1.54, 1.807) is 0 Å². The SMILES string of the molecule is Cc1cccc2c(N)nc(C3CC3)nc12. The molecule has 15 heavy (non-hydrogen) atoms. The van der Waals surface area contributed by atoms with E-state index >= 15 is 0 Å². The molecule has 3 rings (SSSR count). The van der Waals surface area contributed by atoms with Crippen molar-refractivity contribution < 1.29 is 0 Å². The van der Waals surface area contributed by atoms with Crippen LogP contribution in [0.4, 0.5) is 5.82 Å². The zero-order valence-electron chi connectivity index (χ0n) is 8.70. The van der Waals surface area contributed by atoms with Crippen LogP contribution in [0.15, 0.2) is 18.2 Å². The number of nitrogen functional groups attached to an aromatic ring is 1. The second-order valence-electron chi connectivity index (χ2n) is 4.21. The highest BCUT2D eigenvalue weighted by Crippen LogP contribution is 2.39. The molecule has 0 unspecified atom stereocenters. The van der Waals surface area contributed by atoms with E-state index in [0.717, 1.165) is 16.7 Å². The smallest absolute Gasteiger partial charge is 0.135 e. The second kappa shape index (κ2) is 2.92. The zero-order valence-corrected chi connectivity index (χ0v) is 8.70. The van der Waals surface area contributed by atoms with Crippen LogP contribution in [0.3, 0.4) is 0 Å². The number of nitrogens with zero attached hydrogens (tertiary/aromatic N) is 2. The highest BCUT2D eigenvalue weighted by molar-refractivity contribution is 5.90. The van der Waals surface area contributed by atoms with Gasteiger partial charge in [-0.1, -0.05) is 12.1 Å². The summed E-state index contributed by atoms with van der Waals surface area (Å²) < 4.78 is 0. The van der Waals surface area contributed by atoms with Crippen LogP contribution in [0, 0.1) is 6.92 Å². The summed E-state index contributed by atoms with van der Waals surface area (Å²) in [4.78, 5) is 8.98. The molecule has 1 fully saturated rings. The monoisotopic (exact) mass is 199 g/mol. The maximum atomic E-state index is 5.94. The Morgan fingerprint density at radius 2 is 2.07 bits per heavy atom. The number of hydrogen-bond donors (Lipinski definition) is 1. The van der Waals surface area contributed by atoms with Gasteiger partial charge < -0.3 is 5.73 Å². The van der Waals surface area contributed by atoms with Crippen LogP contribution in [0.5, 0.6) is 0 Å². The Labute approximate surface area is 88.3 Å². The van der Waals surface area contributed by atoms with Crippen LogP contribution in [0.1, 0.15) is 30.1 Å². The van der Waals surface area contributed by atoms with Crippen LogP contribution in [0.2, 0.25) is 0 Å². The third kappa shape index (κ3) is 1.35. The van der Waals surface area contributed by atoms with Crippen LogP contribution in [-0.4, -0.2) is 9.97 Å². The summed E-state index contributed by atoms with van der Waals surface area (Å²) >= 11 is 0. The number of rotatable bonds is 1.